The molecule has 2 N–H and O–H groups in total. The number of fused-ring (bicyclic) bond motifs is 1. The molecule has 0 radical (unpaired) electrons. The molecule has 20 heavy (non-hydrogen) atoms. The fraction of sp³-hybridized carbons (Fsp3) is 0.375. The van der Waals surface area contributed by atoms with E-state index in [0.29, 0.717) is 17.7 Å². The van der Waals surface area contributed by atoms with Gasteiger partial charge < -0.3 is 10.4 Å². The van der Waals surface area contributed by atoms with E-state index in [-0.39, 0.29) is 5.69 Å². The number of hydrogen-bond donors (Lipinski definition) is 2. The maximum absolute atomic E-state index is 11.2. The predicted molar refractivity (Wildman–Crippen MR) is 81.2 cm³/mol. The van der Waals surface area contributed by atoms with Crippen molar-refractivity contribution in [3.05, 3.63) is 36.0 Å². The number of nitrogens with zero attached hydrogens (tertiary/aromatic N) is 1. The van der Waals surface area contributed by atoms with Crippen LogP contribution in [0.3, 0.4) is 0 Å². The molecule has 2 rings (SSSR count). The van der Waals surface area contributed by atoms with Crippen LogP contribution in [-0.2, 0) is 0 Å². The summed E-state index contributed by atoms with van der Waals surface area (Å²) in [4.78, 5) is 15.4. The fourth-order valence-electron chi connectivity index (χ4n) is 1.94. The van der Waals surface area contributed by atoms with Gasteiger partial charge in [0.1, 0.15) is 5.82 Å². The monoisotopic (exact) mass is 272 g/mol. The molecule has 1 heterocycles. The van der Waals surface area contributed by atoms with Crippen LogP contribution in [0.5, 0.6) is 0 Å². The van der Waals surface area contributed by atoms with E-state index in [2.05, 4.69) is 31.1 Å². The molecular formula is C16H20N2O2. The maximum Gasteiger partial charge on any atom is 0.354 e. The first-order chi connectivity index (χ1) is 9.49. The Bertz CT molecular complexity index is 623. The first-order valence-electron chi connectivity index (χ1n) is 6.86. The predicted octanol–water partition coefficient (Wildman–Crippen LogP) is 3.64. The van der Waals surface area contributed by atoms with E-state index in [1.165, 1.54) is 0 Å². The Hall–Kier alpha value is -2.10. The summed E-state index contributed by atoms with van der Waals surface area (Å²) < 4.78 is 0. The van der Waals surface area contributed by atoms with Crippen LogP contribution in [0.4, 0.5) is 5.82 Å². The molecule has 4 nitrogen and oxygen atoms in total. The van der Waals surface area contributed by atoms with E-state index in [1.54, 1.807) is 6.07 Å². The summed E-state index contributed by atoms with van der Waals surface area (Å²) >= 11 is 0. The molecular weight excluding hydrogens is 252 g/mol. The van der Waals surface area contributed by atoms with Crippen molar-refractivity contribution in [2.45, 2.75) is 20.8 Å². The van der Waals surface area contributed by atoms with E-state index < -0.39 is 5.97 Å². The van der Waals surface area contributed by atoms with Crippen LogP contribution < -0.4 is 5.32 Å². The number of carboxylic acid groups (broad SMARTS) is 1. The van der Waals surface area contributed by atoms with Crippen molar-refractivity contribution in [2.24, 2.45) is 11.8 Å². The van der Waals surface area contributed by atoms with Gasteiger partial charge in [-0.1, -0.05) is 45.0 Å². The summed E-state index contributed by atoms with van der Waals surface area (Å²) in [6.45, 7) is 7.29. The van der Waals surface area contributed by atoms with Crippen molar-refractivity contribution in [1.82, 2.24) is 4.98 Å². The van der Waals surface area contributed by atoms with Gasteiger partial charge in [-0.15, -0.1) is 0 Å². The normalized spacial score (nSPS) is 12.6. The Balaban J connectivity index is 2.37. The highest BCUT2D eigenvalue weighted by atomic mass is 16.4. The third-order valence-corrected chi connectivity index (χ3v) is 3.69. The first-order valence-corrected chi connectivity index (χ1v) is 6.86. The lowest BCUT2D eigenvalue weighted by atomic mass is 9.98. The van der Waals surface area contributed by atoms with Crippen LogP contribution in [0.1, 0.15) is 31.3 Å². The van der Waals surface area contributed by atoms with Crippen LogP contribution in [0.25, 0.3) is 10.8 Å². The number of benzene rings is 1. The highest BCUT2D eigenvalue weighted by molar-refractivity contribution is 5.97. The van der Waals surface area contributed by atoms with Crippen LogP contribution in [0.2, 0.25) is 0 Å². The molecule has 1 atom stereocenters. The average Bonchev–Trinajstić information content (AvgIpc) is 2.43. The highest BCUT2D eigenvalue weighted by Crippen LogP contribution is 2.23. The van der Waals surface area contributed by atoms with Gasteiger partial charge in [-0.05, 0) is 23.3 Å². The number of nitrogens with one attached hydrogen (secondary N) is 1. The van der Waals surface area contributed by atoms with Crippen molar-refractivity contribution in [3.63, 3.8) is 0 Å². The number of aromatic carboxylic acids is 1. The summed E-state index contributed by atoms with van der Waals surface area (Å²) in [7, 11) is 0. The van der Waals surface area contributed by atoms with E-state index in [9.17, 15) is 4.79 Å². The molecule has 106 valence electrons. The molecule has 0 fully saturated rings. The Morgan fingerprint density at radius 2 is 2.00 bits per heavy atom. The number of hydrogen-bond acceptors (Lipinski definition) is 3. The molecule has 0 saturated carbocycles. The van der Waals surface area contributed by atoms with Gasteiger partial charge in [-0.3, -0.25) is 0 Å². The summed E-state index contributed by atoms with van der Waals surface area (Å²) in [5, 5.41) is 14.3. The zero-order chi connectivity index (χ0) is 14.7. The zero-order valence-electron chi connectivity index (χ0n) is 12.1. The third kappa shape index (κ3) is 3.07. The molecule has 0 amide bonds. The second-order valence-electron chi connectivity index (χ2n) is 5.48. The topological polar surface area (TPSA) is 62.2 Å². The van der Waals surface area contributed by atoms with Crippen molar-refractivity contribution in [2.75, 3.05) is 11.9 Å². The van der Waals surface area contributed by atoms with Gasteiger partial charge in [0, 0.05) is 11.9 Å². The minimum Gasteiger partial charge on any atom is -0.477 e. The summed E-state index contributed by atoms with van der Waals surface area (Å²) in [6, 6.07) is 9.29. The minimum absolute atomic E-state index is 0.0726. The van der Waals surface area contributed by atoms with Crippen molar-refractivity contribution < 1.29 is 9.90 Å². The van der Waals surface area contributed by atoms with Crippen LogP contribution in [0.15, 0.2) is 30.3 Å². The lowest BCUT2D eigenvalue weighted by Gasteiger charge is -2.17. The standard InChI is InChI=1S/C16H20N2O2/c1-10(2)11(3)9-17-15-13-7-5-4-6-12(13)8-14(18-15)16(19)20/h4-8,10-11H,9H2,1-3H3,(H,17,18)(H,19,20). The Morgan fingerprint density at radius 3 is 2.65 bits per heavy atom. The molecule has 0 aliphatic carbocycles. The van der Waals surface area contributed by atoms with E-state index >= 15 is 0 Å². The number of anilines is 1. The number of rotatable bonds is 5. The van der Waals surface area contributed by atoms with Gasteiger partial charge in [0.15, 0.2) is 5.69 Å². The number of carboxylic acids is 1. The summed E-state index contributed by atoms with van der Waals surface area (Å²) in [6.07, 6.45) is 0. The van der Waals surface area contributed by atoms with Crippen LogP contribution in [0, 0.1) is 11.8 Å². The van der Waals surface area contributed by atoms with E-state index in [0.717, 1.165) is 17.3 Å². The molecule has 0 aliphatic rings. The number of aromatic nitrogens is 1. The molecule has 1 unspecified atom stereocenters. The van der Waals surface area contributed by atoms with Crippen molar-refractivity contribution in [1.29, 1.82) is 0 Å². The lowest BCUT2D eigenvalue weighted by molar-refractivity contribution is 0.0691. The smallest absolute Gasteiger partial charge is 0.354 e. The summed E-state index contributed by atoms with van der Waals surface area (Å²) in [5.74, 6) is 0.698. The molecule has 0 saturated heterocycles. The van der Waals surface area contributed by atoms with Crippen LogP contribution >= 0.6 is 0 Å². The van der Waals surface area contributed by atoms with Crippen molar-refractivity contribution in [3.8, 4) is 0 Å². The van der Waals surface area contributed by atoms with Gasteiger partial charge in [-0.25, -0.2) is 9.78 Å². The maximum atomic E-state index is 11.2. The highest BCUT2D eigenvalue weighted by Gasteiger charge is 2.12. The molecule has 0 aliphatic heterocycles. The SMILES string of the molecule is CC(C)C(C)CNc1nc(C(=O)O)cc2ccccc12. The summed E-state index contributed by atoms with van der Waals surface area (Å²) in [5.41, 5.74) is 0.0726. The minimum atomic E-state index is -1.00. The molecule has 4 heteroatoms. The average molecular weight is 272 g/mol. The van der Waals surface area contributed by atoms with E-state index in [4.69, 9.17) is 5.11 Å². The van der Waals surface area contributed by atoms with Gasteiger partial charge in [0.25, 0.3) is 0 Å². The fourth-order valence-corrected chi connectivity index (χ4v) is 1.94. The van der Waals surface area contributed by atoms with E-state index in [1.807, 2.05) is 24.3 Å². The number of carbonyl (C=O) groups is 1. The quantitative estimate of drug-likeness (QED) is 0.872. The second-order valence-corrected chi connectivity index (χ2v) is 5.48. The Kier molecular flexibility index (Phi) is 4.23. The Labute approximate surface area is 118 Å². The third-order valence-electron chi connectivity index (χ3n) is 3.69. The van der Waals surface area contributed by atoms with Crippen molar-refractivity contribution >= 4 is 22.6 Å². The molecule has 0 spiro atoms. The lowest BCUT2D eigenvalue weighted by Crippen LogP contribution is -2.17. The van der Waals surface area contributed by atoms with Gasteiger partial charge >= 0.3 is 5.97 Å². The van der Waals surface area contributed by atoms with Gasteiger partial charge in [0.05, 0.1) is 0 Å². The zero-order valence-corrected chi connectivity index (χ0v) is 12.1. The molecule has 1 aromatic carbocycles. The van der Waals surface area contributed by atoms with Gasteiger partial charge in [-0.2, -0.15) is 0 Å². The number of pyridine rings is 1. The molecule has 1 aromatic heterocycles. The first kappa shape index (κ1) is 14.3. The van der Waals surface area contributed by atoms with Gasteiger partial charge in [0.2, 0.25) is 0 Å². The van der Waals surface area contributed by atoms with Crippen LogP contribution in [-0.4, -0.2) is 22.6 Å². The second kappa shape index (κ2) is 5.90. The largest absolute Gasteiger partial charge is 0.477 e. The molecule has 2 aromatic rings. The molecule has 0 bridgehead atoms. The Morgan fingerprint density at radius 1 is 1.30 bits per heavy atom.